The molecule has 0 rings (SSSR count). The molecule has 0 heterocycles. The Morgan fingerprint density at radius 3 is 1.81 bits per heavy atom. The van der Waals surface area contributed by atoms with Gasteiger partial charge in [-0.2, -0.15) is 0 Å². The van der Waals surface area contributed by atoms with Crippen LogP contribution in [0.5, 0.6) is 0 Å². The first-order chi connectivity index (χ1) is 12.6. The highest BCUT2D eigenvalue weighted by Gasteiger charge is 2.12. The monoisotopic (exact) mass is 370 g/mol. The van der Waals surface area contributed by atoms with E-state index in [0.29, 0.717) is 32.0 Å². The van der Waals surface area contributed by atoms with Crippen LogP contribution in [0.1, 0.15) is 111 Å². The first-order valence-corrected chi connectivity index (χ1v) is 10.9. The summed E-state index contributed by atoms with van der Waals surface area (Å²) in [5, 5.41) is 0. The van der Waals surface area contributed by atoms with Gasteiger partial charge in [-0.3, -0.25) is 9.59 Å². The topological polar surface area (TPSA) is 52.6 Å². The molecule has 4 heteroatoms. The van der Waals surface area contributed by atoms with E-state index < -0.39 is 0 Å². The fourth-order valence-corrected chi connectivity index (χ4v) is 2.89. The fourth-order valence-electron chi connectivity index (χ4n) is 2.89. The molecule has 4 nitrogen and oxygen atoms in total. The number of carbonyl (C=O) groups excluding carboxylic acids is 2. The summed E-state index contributed by atoms with van der Waals surface area (Å²) in [6.07, 6.45) is 14.1. The van der Waals surface area contributed by atoms with Crippen LogP contribution in [-0.4, -0.2) is 25.2 Å². The molecule has 0 aromatic rings. The maximum absolute atomic E-state index is 11.8. The van der Waals surface area contributed by atoms with Gasteiger partial charge < -0.3 is 9.47 Å². The second-order valence-electron chi connectivity index (χ2n) is 7.29. The van der Waals surface area contributed by atoms with Crippen molar-refractivity contribution in [1.29, 1.82) is 0 Å². The number of esters is 2. The zero-order chi connectivity index (χ0) is 19.5. The third-order valence-electron chi connectivity index (χ3n) is 4.80. The van der Waals surface area contributed by atoms with E-state index in [4.69, 9.17) is 9.47 Å². The summed E-state index contributed by atoms with van der Waals surface area (Å²) in [6, 6.07) is 0. The summed E-state index contributed by atoms with van der Waals surface area (Å²) in [5.74, 6) is 0.383. The van der Waals surface area contributed by atoms with Gasteiger partial charge in [0.1, 0.15) is 0 Å². The van der Waals surface area contributed by atoms with Crippen molar-refractivity contribution in [2.45, 2.75) is 111 Å². The van der Waals surface area contributed by atoms with Crippen LogP contribution in [0.25, 0.3) is 0 Å². The summed E-state index contributed by atoms with van der Waals surface area (Å²) in [5.41, 5.74) is 0. The highest BCUT2D eigenvalue weighted by Crippen LogP contribution is 2.19. The second kappa shape index (κ2) is 18.7. The van der Waals surface area contributed by atoms with Crippen molar-refractivity contribution < 1.29 is 19.1 Å². The molecule has 0 saturated carbocycles. The molecule has 0 spiro atoms. The van der Waals surface area contributed by atoms with Crippen LogP contribution in [0.2, 0.25) is 0 Å². The summed E-state index contributed by atoms with van der Waals surface area (Å²) in [7, 11) is 0. The molecule has 0 radical (unpaired) electrons. The lowest BCUT2D eigenvalue weighted by molar-refractivity contribution is -0.145. The molecule has 154 valence electrons. The molecule has 1 unspecified atom stereocenters. The Balaban J connectivity index is 3.51. The zero-order valence-electron chi connectivity index (χ0n) is 17.5. The van der Waals surface area contributed by atoms with Crippen LogP contribution in [0, 0.1) is 5.92 Å². The minimum atomic E-state index is -0.0462. The van der Waals surface area contributed by atoms with Crippen LogP contribution in [0.4, 0.5) is 0 Å². The summed E-state index contributed by atoms with van der Waals surface area (Å²) < 4.78 is 10.4. The van der Waals surface area contributed by atoms with Gasteiger partial charge in [0.25, 0.3) is 0 Å². The maximum atomic E-state index is 11.8. The molecule has 0 N–H and O–H groups in total. The third kappa shape index (κ3) is 16.4. The number of ether oxygens (including phenoxy) is 2. The predicted molar refractivity (Wildman–Crippen MR) is 107 cm³/mol. The van der Waals surface area contributed by atoms with Crippen LogP contribution in [0.3, 0.4) is 0 Å². The zero-order valence-corrected chi connectivity index (χ0v) is 17.5. The maximum Gasteiger partial charge on any atom is 0.306 e. The van der Waals surface area contributed by atoms with Gasteiger partial charge in [-0.1, -0.05) is 72.1 Å². The quantitative estimate of drug-likeness (QED) is 0.212. The van der Waals surface area contributed by atoms with E-state index in [0.717, 1.165) is 51.4 Å². The van der Waals surface area contributed by atoms with Crippen molar-refractivity contribution in [2.75, 3.05) is 13.2 Å². The van der Waals surface area contributed by atoms with Crippen molar-refractivity contribution in [1.82, 2.24) is 0 Å². The van der Waals surface area contributed by atoms with Crippen molar-refractivity contribution in [3.63, 3.8) is 0 Å². The SMILES string of the molecule is CCCCOC(=O)CCCCCCCCC(CC)CC(=O)OCCCC. The Kier molecular flexibility index (Phi) is 18.0. The number of carbonyl (C=O) groups is 2. The van der Waals surface area contributed by atoms with E-state index in [9.17, 15) is 9.59 Å². The molecule has 0 fully saturated rings. The van der Waals surface area contributed by atoms with Gasteiger partial charge in [-0.05, 0) is 31.6 Å². The number of hydrogen-bond donors (Lipinski definition) is 0. The van der Waals surface area contributed by atoms with Crippen molar-refractivity contribution in [3.8, 4) is 0 Å². The van der Waals surface area contributed by atoms with Crippen LogP contribution in [-0.2, 0) is 19.1 Å². The summed E-state index contributed by atoms with van der Waals surface area (Å²) >= 11 is 0. The molecule has 0 aromatic heterocycles. The number of rotatable bonds is 18. The van der Waals surface area contributed by atoms with E-state index in [-0.39, 0.29) is 11.9 Å². The predicted octanol–water partition coefficient (Wildman–Crippen LogP) is 6.21. The molecule has 0 bridgehead atoms. The Hall–Kier alpha value is -1.06. The molecule has 0 aliphatic heterocycles. The normalized spacial score (nSPS) is 12.0. The summed E-state index contributed by atoms with van der Waals surface area (Å²) in [4.78, 5) is 23.2. The average molecular weight is 371 g/mol. The number of unbranched alkanes of at least 4 members (excludes halogenated alkanes) is 7. The van der Waals surface area contributed by atoms with Gasteiger partial charge in [-0.15, -0.1) is 0 Å². The Bertz CT molecular complexity index is 341. The summed E-state index contributed by atoms with van der Waals surface area (Å²) in [6.45, 7) is 7.49. The van der Waals surface area contributed by atoms with Crippen molar-refractivity contribution in [2.24, 2.45) is 5.92 Å². The van der Waals surface area contributed by atoms with Crippen molar-refractivity contribution in [3.05, 3.63) is 0 Å². The fraction of sp³-hybridized carbons (Fsp3) is 0.909. The van der Waals surface area contributed by atoms with Crippen LogP contribution < -0.4 is 0 Å². The van der Waals surface area contributed by atoms with E-state index in [2.05, 4.69) is 20.8 Å². The number of hydrogen-bond acceptors (Lipinski definition) is 4. The molecular weight excluding hydrogens is 328 g/mol. The largest absolute Gasteiger partial charge is 0.466 e. The Morgan fingerprint density at radius 2 is 1.23 bits per heavy atom. The van der Waals surface area contributed by atoms with Gasteiger partial charge >= 0.3 is 11.9 Å². The molecule has 26 heavy (non-hydrogen) atoms. The molecule has 0 aromatic carbocycles. The molecule has 0 aliphatic rings. The van der Waals surface area contributed by atoms with E-state index >= 15 is 0 Å². The van der Waals surface area contributed by atoms with Crippen LogP contribution >= 0.6 is 0 Å². The second-order valence-corrected chi connectivity index (χ2v) is 7.29. The van der Waals surface area contributed by atoms with Gasteiger partial charge in [0, 0.05) is 12.8 Å². The molecule has 0 saturated heterocycles. The molecular formula is C22H42O4. The van der Waals surface area contributed by atoms with Gasteiger partial charge in [0.15, 0.2) is 0 Å². The lowest BCUT2D eigenvalue weighted by Crippen LogP contribution is -2.12. The van der Waals surface area contributed by atoms with Crippen LogP contribution in [0.15, 0.2) is 0 Å². The Labute approximate surface area is 161 Å². The molecule has 1 atom stereocenters. The minimum absolute atomic E-state index is 0.0314. The molecule has 0 amide bonds. The highest BCUT2D eigenvalue weighted by atomic mass is 16.5. The van der Waals surface area contributed by atoms with Gasteiger partial charge in [0.2, 0.25) is 0 Å². The van der Waals surface area contributed by atoms with Gasteiger partial charge in [0.05, 0.1) is 13.2 Å². The van der Waals surface area contributed by atoms with Gasteiger partial charge in [-0.25, -0.2) is 0 Å². The third-order valence-corrected chi connectivity index (χ3v) is 4.80. The lowest BCUT2D eigenvalue weighted by Gasteiger charge is -2.14. The first kappa shape index (κ1) is 24.9. The molecule has 0 aliphatic carbocycles. The standard InChI is InChI=1S/C22H42O4/c1-4-7-17-25-21(23)16-14-12-10-9-11-13-15-20(6-3)19-22(24)26-18-8-5-2/h20H,4-19H2,1-3H3. The highest BCUT2D eigenvalue weighted by molar-refractivity contribution is 5.69. The van der Waals surface area contributed by atoms with E-state index in [1.807, 2.05) is 0 Å². The van der Waals surface area contributed by atoms with E-state index in [1.54, 1.807) is 0 Å². The average Bonchev–Trinajstić information content (AvgIpc) is 2.63. The van der Waals surface area contributed by atoms with E-state index in [1.165, 1.54) is 25.7 Å². The van der Waals surface area contributed by atoms with Crippen molar-refractivity contribution >= 4 is 11.9 Å². The Morgan fingerprint density at radius 1 is 0.692 bits per heavy atom. The smallest absolute Gasteiger partial charge is 0.306 e. The minimum Gasteiger partial charge on any atom is -0.466 e. The first-order valence-electron chi connectivity index (χ1n) is 10.9. The lowest BCUT2D eigenvalue weighted by atomic mass is 9.95.